The maximum absolute atomic E-state index is 13.9. The van der Waals surface area contributed by atoms with Crippen LogP contribution in [0, 0.1) is 6.92 Å². The van der Waals surface area contributed by atoms with Crippen molar-refractivity contribution in [3.63, 3.8) is 0 Å². The summed E-state index contributed by atoms with van der Waals surface area (Å²) in [5, 5.41) is 2.12. The Kier molecular flexibility index (Phi) is 7.99. The van der Waals surface area contributed by atoms with Gasteiger partial charge in [-0.25, -0.2) is 0 Å². The molecule has 0 saturated carbocycles. The molecule has 1 aliphatic heterocycles. The second-order valence-electron chi connectivity index (χ2n) is 10.8. The molecule has 0 spiro atoms. The minimum absolute atomic E-state index is 0.0136. The van der Waals surface area contributed by atoms with E-state index in [9.17, 15) is 9.59 Å². The van der Waals surface area contributed by atoms with E-state index in [4.69, 9.17) is 0 Å². The first-order valence-corrected chi connectivity index (χ1v) is 13.9. The van der Waals surface area contributed by atoms with Crippen molar-refractivity contribution >= 4 is 23.2 Å². The highest BCUT2D eigenvalue weighted by Gasteiger charge is 2.36. The van der Waals surface area contributed by atoms with Crippen molar-refractivity contribution in [2.45, 2.75) is 71.9 Å². The lowest BCUT2D eigenvalue weighted by molar-refractivity contribution is -0.135. The van der Waals surface area contributed by atoms with Gasteiger partial charge >= 0.3 is 0 Å². The number of carbonyl (C=O) groups is 2. The molecule has 4 rings (SSSR count). The smallest absolute Gasteiger partial charge is 0.254 e. The molecule has 2 aromatic carbocycles. The molecule has 4 nitrogen and oxygen atoms in total. The van der Waals surface area contributed by atoms with Crippen molar-refractivity contribution < 1.29 is 9.59 Å². The Hall–Kier alpha value is -2.92. The zero-order valence-corrected chi connectivity index (χ0v) is 23.0. The number of unbranched alkanes of at least 4 members (excludes halogenated alkanes) is 1. The van der Waals surface area contributed by atoms with E-state index in [2.05, 4.69) is 49.6 Å². The molecule has 1 aliphatic rings. The van der Waals surface area contributed by atoms with Crippen molar-refractivity contribution in [3.05, 3.63) is 92.7 Å². The standard InChI is InChI=1S/C31H38N2O2S/c1-6-7-8-23-11-15-25(16-12-23)30(35)33(31(3,4)5)21-28(34)32-19-17-27-26(18-20-36-27)29(32)24-13-9-22(2)10-14-24/h9-16,18,20,29H,6-8,17,19,21H2,1-5H3. The third-order valence-corrected chi connectivity index (χ3v) is 8.04. The summed E-state index contributed by atoms with van der Waals surface area (Å²) in [5.41, 5.74) is 4.91. The van der Waals surface area contributed by atoms with Crippen molar-refractivity contribution in [2.24, 2.45) is 0 Å². The Morgan fingerprint density at radius 3 is 2.36 bits per heavy atom. The van der Waals surface area contributed by atoms with Crippen LogP contribution in [0.15, 0.2) is 60.0 Å². The molecular formula is C31H38N2O2S. The lowest BCUT2D eigenvalue weighted by Gasteiger charge is -2.40. The van der Waals surface area contributed by atoms with Crippen LogP contribution in [0.5, 0.6) is 0 Å². The van der Waals surface area contributed by atoms with E-state index < -0.39 is 5.54 Å². The highest BCUT2D eigenvalue weighted by molar-refractivity contribution is 7.10. The highest BCUT2D eigenvalue weighted by Crippen LogP contribution is 2.38. The van der Waals surface area contributed by atoms with Crippen LogP contribution in [-0.4, -0.2) is 40.2 Å². The molecule has 0 saturated heterocycles. The van der Waals surface area contributed by atoms with E-state index in [1.807, 2.05) is 49.9 Å². The quantitative estimate of drug-likeness (QED) is 0.356. The van der Waals surface area contributed by atoms with Gasteiger partial charge in [0, 0.05) is 22.5 Å². The number of nitrogens with zero attached hydrogens (tertiary/aromatic N) is 2. The zero-order chi connectivity index (χ0) is 25.9. The van der Waals surface area contributed by atoms with Gasteiger partial charge in [0.05, 0.1) is 6.04 Å². The first-order valence-electron chi connectivity index (χ1n) is 13.0. The molecule has 0 bridgehead atoms. The minimum Gasteiger partial charge on any atom is -0.330 e. The number of benzene rings is 2. The van der Waals surface area contributed by atoms with Crippen LogP contribution in [0.3, 0.4) is 0 Å². The maximum atomic E-state index is 13.9. The van der Waals surface area contributed by atoms with Gasteiger partial charge in [0.25, 0.3) is 5.91 Å². The Balaban J connectivity index is 1.59. The monoisotopic (exact) mass is 502 g/mol. The van der Waals surface area contributed by atoms with Crippen LogP contribution >= 0.6 is 11.3 Å². The lowest BCUT2D eigenvalue weighted by Crippen LogP contribution is -2.52. The Morgan fingerprint density at radius 2 is 1.72 bits per heavy atom. The van der Waals surface area contributed by atoms with E-state index in [0.717, 1.165) is 31.2 Å². The van der Waals surface area contributed by atoms with Crippen molar-refractivity contribution in [1.29, 1.82) is 0 Å². The van der Waals surface area contributed by atoms with E-state index >= 15 is 0 Å². The van der Waals surface area contributed by atoms with Gasteiger partial charge in [0.1, 0.15) is 6.54 Å². The molecule has 1 atom stereocenters. The van der Waals surface area contributed by atoms with Crippen molar-refractivity contribution in [1.82, 2.24) is 9.80 Å². The number of fused-ring (bicyclic) bond motifs is 1. The van der Waals surface area contributed by atoms with Crippen LogP contribution in [0.25, 0.3) is 0 Å². The van der Waals surface area contributed by atoms with Gasteiger partial charge in [-0.1, -0.05) is 55.3 Å². The third kappa shape index (κ3) is 5.73. The Labute approximate surface area is 219 Å². The summed E-state index contributed by atoms with van der Waals surface area (Å²) in [6.45, 7) is 11.0. The normalized spacial score (nSPS) is 15.5. The van der Waals surface area contributed by atoms with Crippen LogP contribution < -0.4 is 0 Å². The Morgan fingerprint density at radius 1 is 1.03 bits per heavy atom. The topological polar surface area (TPSA) is 40.6 Å². The predicted molar refractivity (Wildman–Crippen MR) is 149 cm³/mol. The summed E-state index contributed by atoms with van der Waals surface area (Å²) < 4.78 is 0. The average molecular weight is 503 g/mol. The molecule has 0 N–H and O–H groups in total. The average Bonchev–Trinajstić information content (AvgIpc) is 3.34. The summed E-state index contributed by atoms with van der Waals surface area (Å²) in [6.07, 6.45) is 4.16. The fourth-order valence-electron chi connectivity index (χ4n) is 4.88. The van der Waals surface area contributed by atoms with Gasteiger partial charge in [-0.2, -0.15) is 0 Å². The van der Waals surface area contributed by atoms with Gasteiger partial charge in [-0.15, -0.1) is 11.3 Å². The van der Waals surface area contributed by atoms with Crippen LogP contribution in [0.4, 0.5) is 0 Å². The van der Waals surface area contributed by atoms with Crippen LogP contribution in [0.1, 0.15) is 84.1 Å². The van der Waals surface area contributed by atoms with Crippen LogP contribution in [-0.2, 0) is 17.6 Å². The molecule has 1 aromatic heterocycles. The first-order chi connectivity index (χ1) is 17.2. The molecule has 0 aliphatic carbocycles. The summed E-state index contributed by atoms with van der Waals surface area (Å²) in [5.74, 6) is -0.113. The van der Waals surface area contributed by atoms with E-state index in [1.165, 1.54) is 21.6 Å². The summed E-state index contributed by atoms with van der Waals surface area (Å²) in [6, 6.07) is 18.4. The SMILES string of the molecule is CCCCc1ccc(C(=O)N(CC(=O)N2CCc3sccc3C2c2ccc(C)cc2)C(C)(C)C)cc1. The number of rotatable bonds is 7. The van der Waals surface area contributed by atoms with E-state index in [-0.39, 0.29) is 24.4 Å². The van der Waals surface area contributed by atoms with Gasteiger partial charge in [-0.05, 0) is 87.2 Å². The molecule has 0 fully saturated rings. The predicted octanol–water partition coefficient (Wildman–Crippen LogP) is 6.81. The molecule has 2 heterocycles. The second kappa shape index (κ2) is 11.0. The first kappa shape index (κ1) is 26.2. The number of aryl methyl sites for hydroxylation is 2. The van der Waals surface area contributed by atoms with Gasteiger partial charge in [0.15, 0.2) is 0 Å². The number of carbonyl (C=O) groups excluding carboxylic acids is 2. The van der Waals surface area contributed by atoms with Crippen molar-refractivity contribution in [2.75, 3.05) is 13.1 Å². The largest absolute Gasteiger partial charge is 0.330 e. The van der Waals surface area contributed by atoms with Gasteiger partial charge in [-0.3, -0.25) is 9.59 Å². The minimum atomic E-state index is -0.490. The molecule has 190 valence electrons. The lowest BCUT2D eigenvalue weighted by atomic mass is 9.92. The fourth-order valence-corrected chi connectivity index (χ4v) is 5.79. The molecule has 1 unspecified atom stereocenters. The number of hydrogen-bond acceptors (Lipinski definition) is 3. The second-order valence-corrected chi connectivity index (χ2v) is 11.8. The fraction of sp³-hybridized carbons (Fsp3) is 0.419. The summed E-state index contributed by atoms with van der Waals surface area (Å²) in [4.78, 5) is 32.6. The molecule has 3 aromatic rings. The Bertz CT molecular complexity index is 1190. The summed E-state index contributed by atoms with van der Waals surface area (Å²) >= 11 is 1.76. The number of thiophene rings is 1. The third-order valence-electron chi connectivity index (χ3n) is 7.05. The molecule has 0 radical (unpaired) electrons. The number of amides is 2. The zero-order valence-electron chi connectivity index (χ0n) is 22.2. The van der Waals surface area contributed by atoms with Gasteiger partial charge in [0.2, 0.25) is 5.91 Å². The van der Waals surface area contributed by atoms with E-state index in [0.29, 0.717) is 12.1 Å². The van der Waals surface area contributed by atoms with Crippen LogP contribution in [0.2, 0.25) is 0 Å². The van der Waals surface area contributed by atoms with E-state index in [1.54, 1.807) is 16.2 Å². The van der Waals surface area contributed by atoms with Gasteiger partial charge < -0.3 is 9.80 Å². The van der Waals surface area contributed by atoms with Crippen molar-refractivity contribution in [3.8, 4) is 0 Å². The molecule has 5 heteroatoms. The number of hydrogen-bond donors (Lipinski definition) is 0. The highest BCUT2D eigenvalue weighted by atomic mass is 32.1. The molecular weight excluding hydrogens is 464 g/mol. The summed E-state index contributed by atoms with van der Waals surface area (Å²) in [7, 11) is 0. The molecule has 2 amide bonds. The molecule has 36 heavy (non-hydrogen) atoms. The maximum Gasteiger partial charge on any atom is 0.254 e.